The summed E-state index contributed by atoms with van der Waals surface area (Å²) >= 11 is 12.0. The lowest BCUT2D eigenvalue weighted by Crippen LogP contribution is -2.34. The van der Waals surface area contributed by atoms with Crippen molar-refractivity contribution in [2.45, 2.75) is 84.0 Å². The maximum atomic E-state index is 12.5. The van der Waals surface area contributed by atoms with Crippen molar-refractivity contribution in [3.8, 4) is 11.5 Å². The Morgan fingerprint density at radius 3 is 2.12 bits per heavy atom. The molecular weight excluding hydrogens is 565 g/mol. The van der Waals surface area contributed by atoms with Crippen LogP contribution in [0.5, 0.6) is 11.5 Å². The minimum absolute atomic E-state index is 0.144. The molecule has 0 unspecified atom stereocenters. The Hall–Kier alpha value is -3.10. The second-order valence-corrected chi connectivity index (χ2v) is 10.6. The fourth-order valence-corrected chi connectivity index (χ4v) is 4.58. The summed E-state index contributed by atoms with van der Waals surface area (Å²) < 4.78 is 10.7. The number of unbranched alkanes of at least 4 members (excludes halogenated alkanes) is 10. The van der Waals surface area contributed by atoms with Crippen LogP contribution in [0.15, 0.2) is 41.5 Å². The summed E-state index contributed by atoms with van der Waals surface area (Å²) in [7, 11) is 1.43. The van der Waals surface area contributed by atoms with Crippen LogP contribution in [0.4, 0.5) is 0 Å². The lowest BCUT2D eigenvalue weighted by molar-refractivity contribution is -0.126. The largest absolute Gasteiger partial charge is 0.493 e. The molecule has 0 aliphatic rings. The summed E-state index contributed by atoms with van der Waals surface area (Å²) in [5.41, 5.74) is 3.13. The van der Waals surface area contributed by atoms with Crippen molar-refractivity contribution in [2.24, 2.45) is 5.10 Å². The predicted octanol–water partition coefficient (Wildman–Crippen LogP) is 7.49. The Morgan fingerprint density at radius 1 is 0.829 bits per heavy atom. The number of amides is 2. The number of nitrogens with one attached hydrogen (secondary N) is 2. The maximum absolute atomic E-state index is 12.5. The quantitative estimate of drug-likeness (QED) is 0.0567. The maximum Gasteiger partial charge on any atom is 0.345 e. The smallest absolute Gasteiger partial charge is 0.345 e. The Bertz CT molecular complexity index is 1160. The van der Waals surface area contributed by atoms with E-state index in [1.807, 2.05) is 0 Å². The van der Waals surface area contributed by atoms with E-state index in [1.54, 1.807) is 24.3 Å². The molecule has 2 aromatic rings. The fourth-order valence-electron chi connectivity index (χ4n) is 4.09. The zero-order chi connectivity index (χ0) is 29.9. The molecule has 2 aromatic carbocycles. The van der Waals surface area contributed by atoms with Gasteiger partial charge in [0.15, 0.2) is 11.5 Å². The Morgan fingerprint density at radius 2 is 1.49 bits per heavy atom. The number of carbonyl (C=O) groups excluding carboxylic acids is 3. The van der Waals surface area contributed by atoms with Crippen LogP contribution >= 0.6 is 23.2 Å². The number of hydrogen-bond acceptors (Lipinski definition) is 6. The highest BCUT2D eigenvalue weighted by Gasteiger charge is 2.16. The Labute approximate surface area is 253 Å². The van der Waals surface area contributed by atoms with E-state index in [9.17, 15) is 14.4 Å². The first kappa shape index (κ1) is 34.1. The van der Waals surface area contributed by atoms with Gasteiger partial charge in [-0.25, -0.2) is 10.2 Å². The Balaban J connectivity index is 1.65. The highest BCUT2D eigenvalue weighted by Crippen LogP contribution is 2.30. The summed E-state index contributed by atoms with van der Waals surface area (Å²) in [6, 6.07) is 9.25. The SMILES string of the molecule is CCCCCCCCCCCCCC(=O)NCC(=O)N/N=C\c1ccc(OC(=O)c2ccc(Cl)cc2Cl)c(OC)c1. The number of hydrogen-bond donors (Lipinski definition) is 2. The van der Waals surface area contributed by atoms with Gasteiger partial charge in [-0.1, -0.05) is 94.3 Å². The average Bonchev–Trinajstić information content (AvgIpc) is 2.95. The first-order chi connectivity index (χ1) is 19.8. The molecule has 2 amide bonds. The van der Waals surface area contributed by atoms with Crippen LogP contribution in [0, 0.1) is 0 Å². The van der Waals surface area contributed by atoms with Gasteiger partial charge in [-0.15, -0.1) is 0 Å². The lowest BCUT2D eigenvalue weighted by atomic mass is 10.1. The van der Waals surface area contributed by atoms with Gasteiger partial charge in [0.25, 0.3) is 5.91 Å². The van der Waals surface area contributed by atoms with Gasteiger partial charge < -0.3 is 14.8 Å². The molecule has 0 spiro atoms. The third kappa shape index (κ3) is 13.9. The van der Waals surface area contributed by atoms with Crippen molar-refractivity contribution in [1.29, 1.82) is 0 Å². The second kappa shape index (κ2) is 19.9. The molecule has 0 fully saturated rings. The van der Waals surface area contributed by atoms with Gasteiger partial charge in [0.1, 0.15) is 0 Å². The highest BCUT2D eigenvalue weighted by molar-refractivity contribution is 6.36. The molecule has 0 aliphatic heterocycles. The van der Waals surface area contributed by atoms with E-state index < -0.39 is 11.9 Å². The average molecular weight is 607 g/mol. The van der Waals surface area contributed by atoms with Gasteiger partial charge in [0.2, 0.25) is 5.91 Å². The van der Waals surface area contributed by atoms with Crippen LogP contribution < -0.4 is 20.2 Å². The summed E-state index contributed by atoms with van der Waals surface area (Å²) in [4.78, 5) is 36.6. The van der Waals surface area contributed by atoms with E-state index in [0.29, 0.717) is 17.0 Å². The fraction of sp³-hybridized carbons (Fsp3) is 0.484. The van der Waals surface area contributed by atoms with E-state index in [0.717, 1.165) is 19.3 Å². The van der Waals surface area contributed by atoms with Crippen molar-refractivity contribution < 1.29 is 23.9 Å². The van der Waals surface area contributed by atoms with Crippen molar-refractivity contribution in [2.75, 3.05) is 13.7 Å². The minimum Gasteiger partial charge on any atom is -0.493 e. The molecule has 0 saturated carbocycles. The summed E-state index contributed by atoms with van der Waals surface area (Å²) in [5.74, 6) is -0.775. The number of rotatable bonds is 19. The number of esters is 1. The normalized spacial score (nSPS) is 10.9. The van der Waals surface area contributed by atoms with E-state index in [1.165, 1.54) is 76.8 Å². The molecule has 2 N–H and O–H groups in total. The standard InChI is InChI=1S/C31H41Cl2N3O5/c1-3-4-5-6-7-8-9-10-11-12-13-14-29(37)34-22-30(38)36-35-21-23-15-18-27(28(19-23)40-2)41-31(39)25-17-16-24(32)20-26(25)33/h15-21H,3-14,22H2,1-2H3,(H,34,37)(H,36,38)/b35-21-. The van der Waals surface area contributed by atoms with Crippen LogP contribution in [0.1, 0.15) is 99.9 Å². The van der Waals surface area contributed by atoms with E-state index >= 15 is 0 Å². The molecule has 0 aromatic heterocycles. The first-order valence-electron chi connectivity index (χ1n) is 14.3. The number of nitrogens with zero attached hydrogens (tertiary/aromatic N) is 1. The number of methoxy groups -OCH3 is 1. The van der Waals surface area contributed by atoms with Gasteiger partial charge in [0.05, 0.1) is 30.5 Å². The molecule has 0 atom stereocenters. The number of benzene rings is 2. The van der Waals surface area contributed by atoms with E-state index in [4.69, 9.17) is 32.7 Å². The number of carbonyl (C=O) groups is 3. The minimum atomic E-state index is -0.663. The number of hydrazone groups is 1. The molecule has 0 heterocycles. The Kier molecular flexibility index (Phi) is 16.5. The topological polar surface area (TPSA) is 106 Å². The molecule has 10 heteroatoms. The molecule has 0 aliphatic carbocycles. The first-order valence-corrected chi connectivity index (χ1v) is 15.0. The molecule has 8 nitrogen and oxygen atoms in total. The predicted molar refractivity (Wildman–Crippen MR) is 164 cm³/mol. The van der Waals surface area contributed by atoms with E-state index in [2.05, 4.69) is 22.8 Å². The van der Waals surface area contributed by atoms with Crippen molar-refractivity contribution >= 4 is 47.2 Å². The van der Waals surface area contributed by atoms with Crippen molar-refractivity contribution in [3.63, 3.8) is 0 Å². The molecule has 41 heavy (non-hydrogen) atoms. The van der Waals surface area contributed by atoms with Crippen molar-refractivity contribution in [1.82, 2.24) is 10.7 Å². The number of ether oxygens (including phenoxy) is 2. The highest BCUT2D eigenvalue weighted by atomic mass is 35.5. The second-order valence-electron chi connectivity index (χ2n) is 9.78. The molecule has 2 rings (SSSR count). The molecular formula is C31H41Cl2N3O5. The lowest BCUT2D eigenvalue weighted by Gasteiger charge is -2.10. The summed E-state index contributed by atoms with van der Waals surface area (Å²) in [6.07, 6.45) is 15.2. The van der Waals surface area contributed by atoms with Gasteiger partial charge in [-0.3, -0.25) is 9.59 Å². The molecule has 224 valence electrons. The molecule has 0 radical (unpaired) electrons. The third-order valence-corrected chi connectivity index (χ3v) is 6.95. The van der Waals surface area contributed by atoms with Crippen LogP contribution in [0.25, 0.3) is 0 Å². The van der Waals surface area contributed by atoms with Gasteiger partial charge in [-0.2, -0.15) is 5.10 Å². The third-order valence-electron chi connectivity index (χ3n) is 6.40. The van der Waals surface area contributed by atoms with Crippen LogP contribution in [-0.4, -0.2) is 37.7 Å². The monoisotopic (exact) mass is 605 g/mol. The number of halogens is 2. The van der Waals surface area contributed by atoms with Crippen LogP contribution in [-0.2, 0) is 9.59 Å². The summed E-state index contributed by atoms with van der Waals surface area (Å²) in [5, 5.41) is 7.11. The zero-order valence-electron chi connectivity index (χ0n) is 24.0. The van der Waals surface area contributed by atoms with Gasteiger partial charge in [0, 0.05) is 11.4 Å². The van der Waals surface area contributed by atoms with Gasteiger partial charge in [-0.05, 0) is 48.4 Å². The molecule has 0 bridgehead atoms. The zero-order valence-corrected chi connectivity index (χ0v) is 25.5. The van der Waals surface area contributed by atoms with Crippen LogP contribution in [0.3, 0.4) is 0 Å². The van der Waals surface area contributed by atoms with E-state index in [-0.39, 0.29) is 34.5 Å². The van der Waals surface area contributed by atoms with Crippen LogP contribution in [0.2, 0.25) is 10.0 Å². The van der Waals surface area contributed by atoms with Crippen molar-refractivity contribution in [3.05, 3.63) is 57.6 Å². The molecule has 0 saturated heterocycles. The van der Waals surface area contributed by atoms with Gasteiger partial charge >= 0.3 is 5.97 Å². The summed E-state index contributed by atoms with van der Waals surface area (Å²) in [6.45, 7) is 2.08.